The monoisotopic (exact) mass is 206 g/mol. The smallest absolute Gasteiger partial charge is 0.326 e. The Labute approximate surface area is 79.4 Å². The van der Waals surface area contributed by atoms with Gasteiger partial charge in [0, 0.05) is 0 Å². The molecule has 0 aliphatic carbocycles. The molecule has 0 saturated heterocycles. The van der Waals surface area contributed by atoms with Crippen LogP contribution in [0.1, 0.15) is 13.3 Å². The van der Waals surface area contributed by atoms with Crippen molar-refractivity contribution in [1.82, 2.24) is 5.12 Å². The highest BCUT2D eigenvalue weighted by Crippen LogP contribution is 1.97. The summed E-state index contributed by atoms with van der Waals surface area (Å²) in [7, 11) is 0. The van der Waals surface area contributed by atoms with E-state index in [2.05, 4.69) is 0 Å². The second-order valence-corrected chi connectivity index (χ2v) is 2.60. The van der Waals surface area contributed by atoms with Crippen molar-refractivity contribution in [2.45, 2.75) is 19.4 Å². The van der Waals surface area contributed by atoms with E-state index in [1.165, 1.54) is 0 Å². The number of Topliss-reactive ketones (excluding diaryl/α,β-unsaturated/α-hetero) is 1. The number of amides is 1. The lowest BCUT2D eigenvalue weighted by Crippen LogP contribution is -2.42. The summed E-state index contributed by atoms with van der Waals surface area (Å²) in [6.45, 7) is 0.386. The van der Waals surface area contributed by atoms with Crippen LogP contribution >= 0.6 is 0 Å². The Balaban J connectivity index is 4.32. The first kappa shape index (κ1) is 12.5. The van der Waals surface area contributed by atoms with Crippen molar-refractivity contribution in [3.8, 4) is 0 Å². The number of aliphatic carboxylic acids is 1. The number of hydrogen-bond donors (Lipinski definition) is 2. The van der Waals surface area contributed by atoms with Crippen molar-refractivity contribution < 1.29 is 24.0 Å². The normalized spacial score (nSPS) is 11.9. The quantitative estimate of drug-likeness (QED) is 0.448. The van der Waals surface area contributed by atoms with E-state index in [4.69, 9.17) is 10.8 Å². The van der Waals surface area contributed by atoms with Gasteiger partial charge in [-0.15, -0.1) is 0 Å². The Bertz CT molecular complexity index is 256. The molecule has 1 amide bonds. The zero-order chi connectivity index (χ0) is 11.3. The molecule has 0 aromatic carbocycles. The van der Waals surface area contributed by atoms with E-state index in [0.717, 1.165) is 0 Å². The standard InChI is InChI=1S/C7H11FN2O4/c1-2-4(9)6(13)7(14)10(8)3-5(11)12/h4H,2-3,9H2,1H3,(H,11,12)/t4-/m0/s1. The van der Waals surface area contributed by atoms with E-state index in [1.807, 2.05) is 0 Å². The summed E-state index contributed by atoms with van der Waals surface area (Å²) in [5.41, 5.74) is 5.17. The summed E-state index contributed by atoms with van der Waals surface area (Å²) in [6.07, 6.45) is 0.186. The van der Waals surface area contributed by atoms with Crippen LogP contribution in [0.4, 0.5) is 4.48 Å². The van der Waals surface area contributed by atoms with Gasteiger partial charge in [0.25, 0.3) is 0 Å². The van der Waals surface area contributed by atoms with Crippen LogP contribution in [0, 0.1) is 0 Å². The molecule has 0 radical (unpaired) electrons. The molecular weight excluding hydrogens is 195 g/mol. The number of nitrogens with zero attached hydrogens (tertiary/aromatic N) is 1. The summed E-state index contributed by atoms with van der Waals surface area (Å²) in [5, 5.41) is 7.47. The minimum absolute atomic E-state index is 0.186. The Kier molecular flexibility index (Phi) is 4.71. The lowest BCUT2D eigenvalue weighted by molar-refractivity contribution is -0.161. The fraction of sp³-hybridized carbons (Fsp3) is 0.571. The Morgan fingerprint density at radius 1 is 1.50 bits per heavy atom. The number of halogens is 1. The van der Waals surface area contributed by atoms with Gasteiger partial charge in [-0.3, -0.25) is 14.4 Å². The first-order valence-electron chi connectivity index (χ1n) is 3.89. The lowest BCUT2D eigenvalue weighted by atomic mass is 10.1. The lowest BCUT2D eigenvalue weighted by Gasteiger charge is -2.10. The molecule has 0 aliphatic heterocycles. The molecule has 0 rings (SSSR count). The van der Waals surface area contributed by atoms with Crippen molar-refractivity contribution in [3.05, 3.63) is 0 Å². The number of nitrogens with two attached hydrogens (primary N) is 1. The average Bonchev–Trinajstić information content (AvgIpc) is 2.13. The van der Waals surface area contributed by atoms with Crippen LogP contribution in [-0.2, 0) is 14.4 Å². The highest BCUT2D eigenvalue weighted by atomic mass is 19.2. The molecular formula is C7H11FN2O4. The SMILES string of the molecule is CC[C@H](N)C(=O)C(=O)N(F)CC(=O)O. The molecule has 0 aromatic rings. The van der Waals surface area contributed by atoms with Crippen LogP contribution in [0.25, 0.3) is 0 Å². The molecule has 0 bridgehead atoms. The number of ketones is 1. The predicted octanol–water partition coefficient (Wildman–Crippen LogP) is -0.909. The van der Waals surface area contributed by atoms with Crippen molar-refractivity contribution in [2.75, 3.05) is 6.54 Å². The number of carboxylic acid groups (broad SMARTS) is 1. The first-order valence-corrected chi connectivity index (χ1v) is 3.89. The van der Waals surface area contributed by atoms with Gasteiger partial charge in [-0.2, -0.15) is 5.12 Å². The maximum atomic E-state index is 12.6. The molecule has 0 saturated carbocycles. The number of hydrogen-bond acceptors (Lipinski definition) is 4. The average molecular weight is 206 g/mol. The molecule has 14 heavy (non-hydrogen) atoms. The summed E-state index contributed by atoms with van der Waals surface area (Å²) in [5.74, 6) is -4.20. The van der Waals surface area contributed by atoms with Crippen LogP contribution in [-0.4, -0.2) is 40.5 Å². The second kappa shape index (κ2) is 5.28. The van der Waals surface area contributed by atoms with E-state index in [-0.39, 0.29) is 6.42 Å². The van der Waals surface area contributed by atoms with Gasteiger partial charge in [0.1, 0.15) is 0 Å². The van der Waals surface area contributed by atoms with Gasteiger partial charge in [-0.25, -0.2) is 0 Å². The number of carboxylic acids is 1. The van der Waals surface area contributed by atoms with Gasteiger partial charge in [0.2, 0.25) is 5.78 Å². The summed E-state index contributed by atoms with van der Waals surface area (Å²) >= 11 is 0. The van der Waals surface area contributed by atoms with Gasteiger partial charge in [-0.05, 0) is 6.42 Å². The molecule has 3 N–H and O–H groups in total. The molecule has 0 aromatic heterocycles. The minimum Gasteiger partial charge on any atom is -0.480 e. The van der Waals surface area contributed by atoms with Crippen LogP contribution in [0.15, 0.2) is 0 Å². The van der Waals surface area contributed by atoms with E-state index in [0.29, 0.717) is 0 Å². The van der Waals surface area contributed by atoms with Gasteiger partial charge < -0.3 is 10.8 Å². The molecule has 0 fully saturated rings. The fourth-order valence-electron chi connectivity index (χ4n) is 0.654. The Hall–Kier alpha value is -1.50. The zero-order valence-electron chi connectivity index (χ0n) is 7.57. The number of rotatable bonds is 5. The molecule has 0 unspecified atom stereocenters. The highest BCUT2D eigenvalue weighted by Gasteiger charge is 2.27. The number of carbonyl (C=O) groups is 3. The van der Waals surface area contributed by atoms with Gasteiger partial charge in [-0.1, -0.05) is 11.4 Å². The van der Waals surface area contributed by atoms with Crippen molar-refractivity contribution in [1.29, 1.82) is 0 Å². The van der Waals surface area contributed by atoms with E-state index in [9.17, 15) is 18.9 Å². The molecule has 0 spiro atoms. The summed E-state index contributed by atoms with van der Waals surface area (Å²) in [4.78, 5) is 31.8. The van der Waals surface area contributed by atoms with E-state index in [1.54, 1.807) is 6.92 Å². The predicted molar refractivity (Wildman–Crippen MR) is 43.7 cm³/mol. The van der Waals surface area contributed by atoms with Crippen molar-refractivity contribution >= 4 is 17.7 Å². The first-order chi connectivity index (χ1) is 6.40. The molecule has 6 nitrogen and oxygen atoms in total. The zero-order valence-corrected chi connectivity index (χ0v) is 7.57. The third-order valence-electron chi connectivity index (χ3n) is 1.48. The largest absolute Gasteiger partial charge is 0.480 e. The molecule has 1 atom stereocenters. The fourth-order valence-corrected chi connectivity index (χ4v) is 0.654. The Morgan fingerprint density at radius 2 is 2.00 bits per heavy atom. The topological polar surface area (TPSA) is 101 Å². The van der Waals surface area contributed by atoms with Gasteiger partial charge in [0.15, 0.2) is 6.54 Å². The highest BCUT2D eigenvalue weighted by molar-refractivity contribution is 6.37. The van der Waals surface area contributed by atoms with Gasteiger partial charge >= 0.3 is 11.9 Å². The minimum atomic E-state index is -1.54. The third-order valence-corrected chi connectivity index (χ3v) is 1.48. The van der Waals surface area contributed by atoms with E-state index < -0.39 is 35.4 Å². The third kappa shape index (κ3) is 3.48. The van der Waals surface area contributed by atoms with Crippen LogP contribution in [0.3, 0.4) is 0 Å². The maximum absolute atomic E-state index is 12.6. The van der Waals surface area contributed by atoms with Crippen molar-refractivity contribution in [3.63, 3.8) is 0 Å². The Morgan fingerprint density at radius 3 is 2.36 bits per heavy atom. The molecule has 7 heteroatoms. The van der Waals surface area contributed by atoms with E-state index >= 15 is 0 Å². The van der Waals surface area contributed by atoms with Crippen LogP contribution < -0.4 is 5.73 Å². The van der Waals surface area contributed by atoms with Crippen LogP contribution in [0.2, 0.25) is 0 Å². The second-order valence-electron chi connectivity index (χ2n) is 2.60. The summed E-state index contributed by atoms with van der Waals surface area (Å²) in [6, 6.07) is -1.09. The molecule has 80 valence electrons. The maximum Gasteiger partial charge on any atom is 0.326 e. The van der Waals surface area contributed by atoms with Gasteiger partial charge in [0.05, 0.1) is 6.04 Å². The molecule has 0 heterocycles. The van der Waals surface area contributed by atoms with Crippen molar-refractivity contribution in [2.24, 2.45) is 5.73 Å². The van der Waals surface area contributed by atoms with Crippen LogP contribution in [0.5, 0.6) is 0 Å². The summed E-state index contributed by atoms with van der Waals surface area (Å²) < 4.78 is 12.6. The molecule has 0 aliphatic rings. The number of carbonyl (C=O) groups excluding carboxylic acids is 2.